The normalized spacial score (nSPS) is 27.9. The molecule has 2 N–H and O–H groups in total. The predicted octanol–water partition coefficient (Wildman–Crippen LogP) is 0.437. The number of nitrogens with zero attached hydrogens (tertiary/aromatic N) is 1. The van der Waals surface area contributed by atoms with Gasteiger partial charge < -0.3 is 10.6 Å². The first kappa shape index (κ1) is 9.49. The average molecular weight is 195 g/mol. The van der Waals surface area contributed by atoms with Crippen LogP contribution in [0.25, 0.3) is 0 Å². The quantitative estimate of drug-likeness (QED) is 0.638. The second-order valence-electron chi connectivity index (χ2n) is 3.92. The highest BCUT2D eigenvalue weighted by Gasteiger charge is 2.22. The van der Waals surface area contributed by atoms with Crippen molar-refractivity contribution in [2.75, 3.05) is 13.1 Å². The lowest BCUT2D eigenvalue weighted by Crippen LogP contribution is -2.50. The number of amides is 1. The van der Waals surface area contributed by atoms with Crippen LogP contribution in [0.4, 0.5) is 0 Å². The molecule has 1 unspecified atom stereocenters. The van der Waals surface area contributed by atoms with Crippen LogP contribution in [-0.4, -0.2) is 30.9 Å². The van der Waals surface area contributed by atoms with Crippen LogP contribution < -0.4 is 10.6 Å². The molecule has 0 aliphatic carbocycles. The van der Waals surface area contributed by atoms with E-state index in [9.17, 15) is 4.79 Å². The van der Waals surface area contributed by atoms with Crippen LogP contribution in [0.2, 0.25) is 0 Å². The second-order valence-corrected chi connectivity index (χ2v) is 3.92. The SMILES string of the molecule is O=C1NCCCC1NC1=NCCCC1. The van der Waals surface area contributed by atoms with Crippen molar-refractivity contribution in [2.45, 2.75) is 38.1 Å². The fourth-order valence-electron chi connectivity index (χ4n) is 1.93. The molecule has 4 heteroatoms. The maximum Gasteiger partial charge on any atom is 0.242 e. The van der Waals surface area contributed by atoms with E-state index < -0.39 is 0 Å². The third-order valence-electron chi connectivity index (χ3n) is 2.75. The summed E-state index contributed by atoms with van der Waals surface area (Å²) in [6, 6.07) is -0.0411. The van der Waals surface area contributed by atoms with E-state index in [0.717, 1.165) is 38.2 Å². The van der Waals surface area contributed by atoms with Crippen LogP contribution in [0.15, 0.2) is 4.99 Å². The molecular formula is C10H17N3O. The smallest absolute Gasteiger partial charge is 0.242 e. The predicted molar refractivity (Wildman–Crippen MR) is 55.3 cm³/mol. The van der Waals surface area contributed by atoms with Gasteiger partial charge in [0, 0.05) is 19.5 Å². The fraction of sp³-hybridized carbons (Fsp3) is 0.800. The summed E-state index contributed by atoms with van der Waals surface area (Å²) < 4.78 is 0. The van der Waals surface area contributed by atoms with Gasteiger partial charge in [-0.05, 0) is 25.7 Å². The van der Waals surface area contributed by atoms with Crippen molar-refractivity contribution in [3.05, 3.63) is 0 Å². The summed E-state index contributed by atoms with van der Waals surface area (Å²) in [6.07, 6.45) is 5.38. The first-order chi connectivity index (χ1) is 6.86. The van der Waals surface area contributed by atoms with Gasteiger partial charge in [0.1, 0.15) is 6.04 Å². The Labute approximate surface area is 84.2 Å². The molecule has 2 rings (SSSR count). The Kier molecular flexibility index (Phi) is 3.01. The largest absolute Gasteiger partial charge is 0.362 e. The fourth-order valence-corrected chi connectivity index (χ4v) is 1.93. The van der Waals surface area contributed by atoms with Crippen molar-refractivity contribution in [2.24, 2.45) is 4.99 Å². The number of carbonyl (C=O) groups is 1. The topological polar surface area (TPSA) is 53.5 Å². The zero-order chi connectivity index (χ0) is 9.80. The van der Waals surface area contributed by atoms with Gasteiger partial charge in [-0.15, -0.1) is 0 Å². The zero-order valence-corrected chi connectivity index (χ0v) is 8.38. The number of hydrogen-bond acceptors (Lipinski definition) is 3. The van der Waals surface area contributed by atoms with Gasteiger partial charge in [-0.2, -0.15) is 0 Å². The number of aliphatic imine (C=N–C) groups is 1. The third kappa shape index (κ3) is 2.25. The van der Waals surface area contributed by atoms with Gasteiger partial charge in [0.2, 0.25) is 5.91 Å². The van der Waals surface area contributed by atoms with Crippen molar-refractivity contribution in [3.63, 3.8) is 0 Å². The summed E-state index contributed by atoms with van der Waals surface area (Å²) in [5, 5.41) is 6.11. The molecule has 2 heterocycles. The molecule has 2 aliphatic rings. The Morgan fingerprint density at radius 2 is 2.29 bits per heavy atom. The van der Waals surface area contributed by atoms with Gasteiger partial charge in [0.25, 0.3) is 0 Å². The molecule has 2 aliphatic heterocycles. The third-order valence-corrected chi connectivity index (χ3v) is 2.75. The van der Waals surface area contributed by atoms with Crippen LogP contribution in [-0.2, 0) is 4.79 Å². The number of piperidine rings is 1. The highest BCUT2D eigenvalue weighted by atomic mass is 16.2. The molecule has 78 valence electrons. The number of hydrogen-bond donors (Lipinski definition) is 2. The van der Waals surface area contributed by atoms with Crippen LogP contribution in [0.1, 0.15) is 32.1 Å². The Bertz CT molecular complexity index is 250. The summed E-state index contributed by atoms with van der Waals surface area (Å²) in [5.74, 6) is 1.16. The van der Waals surface area contributed by atoms with Crippen LogP contribution in [0, 0.1) is 0 Å². The van der Waals surface area contributed by atoms with E-state index in [2.05, 4.69) is 15.6 Å². The van der Waals surface area contributed by atoms with Gasteiger partial charge in [0.15, 0.2) is 0 Å². The Hall–Kier alpha value is -1.06. The van der Waals surface area contributed by atoms with Crippen LogP contribution in [0.5, 0.6) is 0 Å². The minimum atomic E-state index is -0.0411. The number of rotatable bonds is 1. The van der Waals surface area contributed by atoms with Crippen LogP contribution >= 0.6 is 0 Å². The summed E-state index contributed by atoms with van der Waals surface area (Å²) in [5.41, 5.74) is 0. The molecular weight excluding hydrogens is 178 g/mol. The standard InChI is InChI=1S/C10H17N3O/c14-10-8(4-3-7-12-10)13-9-5-1-2-6-11-9/h8H,1-7H2,(H,11,13)(H,12,14). The molecule has 14 heavy (non-hydrogen) atoms. The van der Waals surface area contributed by atoms with E-state index >= 15 is 0 Å². The second kappa shape index (κ2) is 4.44. The van der Waals surface area contributed by atoms with E-state index in [1.165, 1.54) is 12.8 Å². The lowest BCUT2D eigenvalue weighted by Gasteiger charge is -2.25. The molecule has 0 aromatic rings. The van der Waals surface area contributed by atoms with Gasteiger partial charge in [-0.1, -0.05) is 0 Å². The number of nitrogens with one attached hydrogen (secondary N) is 2. The van der Waals surface area contributed by atoms with Gasteiger partial charge in [-0.3, -0.25) is 9.79 Å². The van der Waals surface area contributed by atoms with Crippen molar-refractivity contribution in [3.8, 4) is 0 Å². The first-order valence-electron chi connectivity index (χ1n) is 5.44. The monoisotopic (exact) mass is 195 g/mol. The molecule has 4 nitrogen and oxygen atoms in total. The van der Waals surface area contributed by atoms with Gasteiger partial charge >= 0.3 is 0 Å². The van der Waals surface area contributed by atoms with E-state index in [1.54, 1.807) is 0 Å². The van der Waals surface area contributed by atoms with Gasteiger partial charge in [-0.25, -0.2) is 0 Å². The molecule has 0 spiro atoms. The molecule has 0 radical (unpaired) electrons. The van der Waals surface area contributed by atoms with E-state index in [1.807, 2.05) is 0 Å². The van der Waals surface area contributed by atoms with E-state index in [4.69, 9.17) is 0 Å². The minimum Gasteiger partial charge on any atom is -0.362 e. The lowest BCUT2D eigenvalue weighted by atomic mass is 10.1. The number of carbonyl (C=O) groups excluding carboxylic acids is 1. The van der Waals surface area contributed by atoms with Crippen molar-refractivity contribution >= 4 is 11.7 Å². The highest BCUT2D eigenvalue weighted by Crippen LogP contribution is 2.08. The molecule has 1 saturated heterocycles. The number of amidine groups is 1. The Balaban J connectivity index is 1.88. The maximum absolute atomic E-state index is 11.4. The summed E-state index contributed by atoms with van der Waals surface area (Å²) in [7, 11) is 0. The van der Waals surface area contributed by atoms with E-state index in [0.29, 0.717) is 0 Å². The molecule has 1 fully saturated rings. The first-order valence-corrected chi connectivity index (χ1v) is 5.44. The zero-order valence-electron chi connectivity index (χ0n) is 8.38. The average Bonchev–Trinajstić information content (AvgIpc) is 2.23. The molecule has 0 aromatic carbocycles. The van der Waals surface area contributed by atoms with Crippen molar-refractivity contribution in [1.29, 1.82) is 0 Å². The Morgan fingerprint density at radius 3 is 3.00 bits per heavy atom. The van der Waals surface area contributed by atoms with E-state index in [-0.39, 0.29) is 11.9 Å². The lowest BCUT2D eigenvalue weighted by molar-refractivity contribution is -0.124. The van der Waals surface area contributed by atoms with Gasteiger partial charge in [0.05, 0.1) is 5.84 Å². The molecule has 1 atom stereocenters. The molecule has 1 amide bonds. The molecule has 0 aromatic heterocycles. The van der Waals surface area contributed by atoms with Crippen LogP contribution in [0.3, 0.4) is 0 Å². The highest BCUT2D eigenvalue weighted by molar-refractivity contribution is 5.90. The van der Waals surface area contributed by atoms with Crippen molar-refractivity contribution < 1.29 is 4.79 Å². The van der Waals surface area contributed by atoms with Crippen molar-refractivity contribution in [1.82, 2.24) is 10.6 Å². The summed E-state index contributed by atoms with van der Waals surface area (Å²) >= 11 is 0. The molecule has 0 bridgehead atoms. The summed E-state index contributed by atoms with van der Waals surface area (Å²) in [6.45, 7) is 1.74. The maximum atomic E-state index is 11.4. The summed E-state index contributed by atoms with van der Waals surface area (Å²) in [4.78, 5) is 15.8. The molecule has 0 saturated carbocycles. The minimum absolute atomic E-state index is 0.0411. The Morgan fingerprint density at radius 1 is 1.36 bits per heavy atom.